The van der Waals surface area contributed by atoms with E-state index in [1.165, 1.54) is 27.7 Å². The molecule has 2 bridgehead atoms. The Bertz CT molecular complexity index is 2740. The number of fused-ring (bicyclic) bond motifs is 3. The molecule has 38 nitrogen and oxygen atoms in total. The number of hydrogen-bond donors (Lipinski definition) is 8. The Labute approximate surface area is 480 Å². The molecule has 25 atom stereocenters. The molecule has 83 heavy (non-hydrogen) atoms. The fourth-order valence-corrected chi connectivity index (χ4v) is 13.1. The lowest BCUT2D eigenvalue weighted by Crippen LogP contribution is -2.73. The highest BCUT2D eigenvalue weighted by atomic mass is 32.3. The van der Waals surface area contributed by atoms with Gasteiger partial charge in [-0.05, 0) is 31.1 Å². The maximum absolute atomic E-state index is 13.0. The van der Waals surface area contributed by atoms with Gasteiger partial charge >= 0.3 is 58.0 Å². The molecule has 11 unspecified atom stereocenters. The average Bonchev–Trinajstić information content (AvgIpc) is 2.94. The standard InChI is InChI=1S/C39H66O38S6/c1-9-21-27(29(72-78-77-76-43)26(20(8)63-21)73-81(50,51)52)68-38-25-19(7)33(39(71-38,12-59-25)60-13-40)70-37-32(75-83(56,57)58)30(74-82(53,54)55)28(23(65-37)11-62-80(47,48)49)67-36-18(6)16(4)24(31(69-36)34(41)42)66-35-17(5)14(2)15(3)22(64-35)10-61-79(44,45)46/h14-33,35-38,40,43H,9-13H2,1-8H3,(H,41,42)(H,44,45,46)(H,47,48,49)(H,50,51,52)(H,53,54,55)(H,56,57,58)/t14?,15-,16?,17?,18?,19-,20+,21-,22-,23?,24-,25+,26?,27+,28?,29?,30-,31+,32?,33?,35+,36+,37-,38+,39?/m0/s1. The summed E-state index contributed by atoms with van der Waals surface area (Å²) in [6.45, 7) is 8.14. The number of carboxylic acid groups (broad SMARTS) is 1. The van der Waals surface area contributed by atoms with Crippen LogP contribution in [0.15, 0.2) is 0 Å². The maximum atomic E-state index is 13.0. The summed E-state index contributed by atoms with van der Waals surface area (Å²) in [6.07, 6.45) is -32.7. The van der Waals surface area contributed by atoms with Crippen LogP contribution < -0.4 is 0 Å². The quantitative estimate of drug-likeness (QED) is 0.0114. The van der Waals surface area contributed by atoms with Crippen molar-refractivity contribution < 1.29 is 172 Å². The van der Waals surface area contributed by atoms with Gasteiger partial charge in [-0.2, -0.15) is 42.1 Å². The van der Waals surface area contributed by atoms with Gasteiger partial charge in [-0.1, -0.05) is 53.5 Å². The zero-order valence-electron chi connectivity index (χ0n) is 44.7. The number of carbonyl (C=O) groups is 1. The number of aliphatic carboxylic acids is 1. The van der Waals surface area contributed by atoms with Gasteiger partial charge in [0.15, 0.2) is 49.7 Å². The molecule has 7 fully saturated rings. The summed E-state index contributed by atoms with van der Waals surface area (Å²) < 4.78 is 271. The van der Waals surface area contributed by atoms with Crippen molar-refractivity contribution >= 4 is 70.3 Å². The van der Waals surface area contributed by atoms with E-state index in [9.17, 15) is 79.9 Å². The first-order valence-electron chi connectivity index (χ1n) is 24.8. The second-order valence-corrected chi connectivity index (χ2v) is 26.0. The van der Waals surface area contributed by atoms with Crippen molar-refractivity contribution in [3.8, 4) is 0 Å². The Morgan fingerprint density at radius 2 is 1.07 bits per heavy atom. The number of aliphatic hydroxyl groups is 1. The summed E-state index contributed by atoms with van der Waals surface area (Å²) in [5, 5.41) is 33.1. The first kappa shape index (κ1) is 70.6. The predicted molar refractivity (Wildman–Crippen MR) is 260 cm³/mol. The first-order chi connectivity index (χ1) is 38.3. The van der Waals surface area contributed by atoms with Crippen molar-refractivity contribution in [1.82, 2.24) is 0 Å². The van der Waals surface area contributed by atoms with Crippen LogP contribution in [0.3, 0.4) is 0 Å². The molecule has 0 aliphatic carbocycles. The lowest BCUT2D eigenvalue weighted by Gasteiger charge is -2.58. The van der Waals surface area contributed by atoms with E-state index in [1.807, 2.05) is 0 Å². The van der Waals surface area contributed by atoms with Crippen LogP contribution in [0.2, 0.25) is 0 Å². The van der Waals surface area contributed by atoms with Crippen molar-refractivity contribution in [2.75, 3.05) is 26.6 Å². The van der Waals surface area contributed by atoms with Gasteiger partial charge in [-0.25, -0.2) is 31.0 Å². The van der Waals surface area contributed by atoms with E-state index in [1.54, 1.807) is 27.7 Å². The summed E-state index contributed by atoms with van der Waals surface area (Å²) in [6, 6.07) is 0. The molecule has 0 aromatic carbocycles. The van der Waals surface area contributed by atoms with Crippen molar-refractivity contribution in [2.45, 2.75) is 178 Å². The molecule has 0 saturated carbocycles. The molecule has 7 saturated heterocycles. The molecule has 0 spiro atoms. The molecule has 8 N–H and O–H groups in total. The topological polar surface area (TPSA) is 525 Å². The Hall–Kier alpha value is -1.47. The normalized spacial score (nSPS) is 42.1. The average molecular weight is 1340 g/mol. The van der Waals surface area contributed by atoms with E-state index in [0.29, 0.717) is 0 Å². The molecule has 7 aliphatic heterocycles. The maximum Gasteiger partial charge on any atom is 0.397 e. The zero-order valence-corrected chi connectivity index (χ0v) is 49.6. The number of ether oxygens (including phenoxy) is 11. The van der Waals surface area contributed by atoms with Gasteiger partial charge < -0.3 is 62.3 Å². The fraction of sp³-hybridized carbons (Fsp3) is 0.974. The fourth-order valence-electron chi connectivity index (χ4n) is 10.6. The Balaban J connectivity index is 1.34. The third-order valence-corrected chi connectivity index (χ3v) is 17.7. The second-order valence-electron chi connectivity index (χ2n) is 20.2. The van der Waals surface area contributed by atoms with Crippen molar-refractivity contribution in [2.24, 2.45) is 35.5 Å². The van der Waals surface area contributed by atoms with Gasteiger partial charge in [-0.3, -0.25) is 26.9 Å². The third-order valence-electron chi connectivity index (χ3n) is 15.1. The van der Waals surface area contributed by atoms with E-state index < -0.39 is 231 Å². The minimum absolute atomic E-state index is 0.0471. The SMILES string of the molecule is CC[C@@H]1O[C@H](C)C(OS(=O)(=O)O)C(OSOOO)[C@@H]1O[C@@H]1OC2(OCO)CO[C@@H]1[C@H](C)C2O[C@@H]1OC(COS(=O)(=O)O)C(O[C@@H]2O[C@@H](C(=O)O)[C@@H](O[C@H]3O[C@@H](COS(=O)(=O)O)[C@@H](C)C(C)C3C)C(C)C2C)[C@H](OS(=O)(=O)O)C1OS(=O)(=O)O. The number of rotatable bonds is 28. The van der Waals surface area contributed by atoms with Crippen LogP contribution in [-0.2, 0) is 143 Å². The highest BCUT2D eigenvalue weighted by molar-refractivity contribution is 7.89. The minimum Gasteiger partial charge on any atom is -0.479 e. The first-order valence-corrected chi connectivity index (χ1v) is 32.3. The van der Waals surface area contributed by atoms with Crippen LogP contribution in [0.4, 0.5) is 0 Å². The van der Waals surface area contributed by atoms with E-state index in [4.69, 9.17) is 74.1 Å². The summed E-state index contributed by atoms with van der Waals surface area (Å²) in [7, 11) is -27.5. The largest absolute Gasteiger partial charge is 0.479 e. The summed E-state index contributed by atoms with van der Waals surface area (Å²) >= 11 is -0.0471. The van der Waals surface area contributed by atoms with Gasteiger partial charge in [0.25, 0.3) is 0 Å². The van der Waals surface area contributed by atoms with Gasteiger partial charge in [-0.15, -0.1) is 4.33 Å². The van der Waals surface area contributed by atoms with Gasteiger partial charge in [0.2, 0.25) is 5.79 Å². The molecule has 0 amide bonds. The molecule has 0 aromatic rings. The highest BCUT2D eigenvalue weighted by Gasteiger charge is 2.65. The molecule has 7 heterocycles. The van der Waals surface area contributed by atoms with E-state index >= 15 is 0 Å². The van der Waals surface area contributed by atoms with Gasteiger partial charge in [0.1, 0.15) is 68.3 Å². The van der Waals surface area contributed by atoms with Gasteiger partial charge in [0, 0.05) is 17.8 Å². The number of aliphatic hydroxyl groups excluding tert-OH is 1. The molecule has 7 rings (SSSR count). The molecular weight excluding hydrogens is 1270 g/mol. The van der Waals surface area contributed by atoms with E-state index in [0.717, 1.165) is 0 Å². The number of carboxylic acids is 1. The van der Waals surface area contributed by atoms with E-state index in [-0.39, 0.29) is 24.7 Å². The van der Waals surface area contributed by atoms with Gasteiger partial charge in [0.05, 0.1) is 31.5 Å². The molecule has 486 valence electrons. The molecule has 7 aliphatic rings. The molecule has 0 aromatic heterocycles. The van der Waals surface area contributed by atoms with Crippen LogP contribution in [0.1, 0.15) is 61.8 Å². The second kappa shape index (κ2) is 28.1. The molecular formula is C39H66O38S6. The van der Waals surface area contributed by atoms with Crippen LogP contribution in [0, 0.1) is 35.5 Å². The van der Waals surface area contributed by atoms with Crippen molar-refractivity contribution in [1.29, 1.82) is 0 Å². The molecule has 44 heteroatoms. The minimum atomic E-state index is -5.92. The Kier molecular flexibility index (Phi) is 23.9. The van der Waals surface area contributed by atoms with Crippen LogP contribution in [-0.4, -0.2) is 229 Å². The van der Waals surface area contributed by atoms with Crippen LogP contribution >= 0.6 is 12.3 Å². The monoisotopic (exact) mass is 1330 g/mol. The van der Waals surface area contributed by atoms with E-state index in [2.05, 4.69) is 17.7 Å². The number of hydrogen-bond acceptors (Lipinski definition) is 33. The Morgan fingerprint density at radius 1 is 0.554 bits per heavy atom. The Morgan fingerprint density at radius 3 is 1.63 bits per heavy atom. The summed E-state index contributed by atoms with van der Waals surface area (Å²) in [5.74, 6) is -8.90. The summed E-state index contributed by atoms with van der Waals surface area (Å²) in [5.41, 5.74) is 0. The zero-order chi connectivity index (χ0) is 62.1. The lowest BCUT2D eigenvalue weighted by atomic mass is 9.78. The summed E-state index contributed by atoms with van der Waals surface area (Å²) in [4.78, 5) is 13.0. The van der Waals surface area contributed by atoms with Crippen LogP contribution in [0.5, 0.6) is 0 Å². The predicted octanol–water partition coefficient (Wildman–Crippen LogP) is -1.21. The van der Waals surface area contributed by atoms with Crippen LogP contribution in [0.25, 0.3) is 0 Å². The lowest BCUT2D eigenvalue weighted by molar-refractivity contribution is -0.480. The smallest absolute Gasteiger partial charge is 0.397 e. The third kappa shape index (κ3) is 18.1. The van der Waals surface area contributed by atoms with Crippen molar-refractivity contribution in [3.05, 3.63) is 0 Å². The highest BCUT2D eigenvalue weighted by Crippen LogP contribution is 2.48. The molecule has 0 radical (unpaired) electrons. The van der Waals surface area contributed by atoms with Crippen molar-refractivity contribution in [3.63, 3.8) is 0 Å².